The zero-order valence-electron chi connectivity index (χ0n) is 22.2. The summed E-state index contributed by atoms with van der Waals surface area (Å²) in [5.41, 5.74) is 4.03. The Bertz CT molecular complexity index is 1350. The molecule has 1 unspecified atom stereocenters. The van der Waals surface area contributed by atoms with E-state index in [1.165, 1.54) is 33.7 Å². The highest BCUT2D eigenvalue weighted by molar-refractivity contribution is 7.11. The van der Waals surface area contributed by atoms with Crippen LogP contribution in [0.15, 0.2) is 66.7 Å². The first-order valence-corrected chi connectivity index (χ1v) is 14.3. The van der Waals surface area contributed by atoms with Crippen LogP contribution in [0.3, 0.4) is 0 Å². The average molecular weight is 526 g/mol. The number of carbonyl (C=O) groups is 1. The molecule has 2 heterocycles. The molecule has 1 saturated heterocycles. The number of thiophene rings is 1. The van der Waals surface area contributed by atoms with Crippen LogP contribution >= 0.6 is 11.3 Å². The Balaban J connectivity index is 1.13. The Hall–Kier alpha value is -3.33. The summed E-state index contributed by atoms with van der Waals surface area (Å²) < 4.78 is 6.06. The molecular formula is C33H35NO3S. The second-order valence-corrected chi connectivity index (χ2v) is 11.6. The highest BCUT2D eigenvalue weighted by atomic mass is 32.1. The number of piperidine rings is 1. The van der Waals surface area contributed by atoms with Crippen molar-refractivity contribution >= 4 is 23.4 Å². The molecule has 1 fully saturated rings. The molecule has 196 valence electrons. The number of allylic oxidation sites excluding steroid dienone is 1. The minimum atomic E-state index is -0.807. The summed E-state index contributed by atoms with van der Waals surface area (Å²) in [5, 5.41) is 9.59. The topological polar surface area (TPSA) is 49.8 Å². The minimum Gasteiger partial charge on any atom is -0.488 e. The number of hydrogen-bond acceptors (Lipinski definition) is 4. The van der Waals surface area contributed by atoms with Gasteiger partial charge in [-0.05, 0) is 80.2 Å². The fraction of sp³-hybridized carbons (Fsp3) is 0.364. The fourth-order valence-electron chi connectivity index (χ4n) is 5.84. The van der Waals surface area contributed by atoms with Crippen LogP contribution in [0.2, 0.25) is 0 Å². The molecule has 3 aromatic rings. The van der Waals surface area contributed by atoms with E-state index in [0.29, 0.717) is 13.0 Å². The molecule has 1 aromatic heterocycles. The largest absolute Gasteiger partial charge is 0.488 e. The van der Waals surface area contributed by atoms with Gasteiger partial charge in [0.05, 0.1) is 11.8 Å². The van der Waals surface area contributed by atoms with Crippen LogP contribution < -0.4 is 4.74 Å². The standard InChI is InChI=1S/C33H35NO3S/c1-3-7-30(29(4-2)32(35)36)24-10-12-26(13-11-24)37-23-28-15-14-27(38-28)22-34-20-18-33(19-21-34)17-16-25-8-5-6-9-31(25)33/h5-6,8-17,29-30H,4,18-23H2,1-2H3,(H,35,36)/t29?,30-/m1/s1. The van der Waals surface area contributed by atoms with E-state index < -0.39 is 11.9 Å². The van der Waals surface area contributed by atoms with Crippen molar-refractivity contribution in [2.24, 2.45) is 5.92 Å². The fourth-order valence-corrected chi connectivity index (χ4v) is 6.81. The second-order valence-electron chi connectivity index (χ2n) is 10.3. The van der Waals surface area contributed by atoms with Crippen LogP contribution in [-0.4, -0.2) is 29.1 Å². The molecule has 1 aliphatic heterocycles. The number of hydrogen-bond donors (Lipinski definition) is 1. The highest BCUT2D eigenvalue weighted by Gasteiger charge is 2.37. The number of benzene rings is 2. The molecule has 0 saturated carbocycles. The molecule has 38 heavy (non-hydrogen) atoms. The van der Waals surface area contributed by atoms with Gasteiger partial charge in [0.1, 0.15) is 12.4 Å². The van der Waals surface area contributed by atoms with Gasteiger partial charge < -0.3 is 9.84 Å². The molecule has 5 rings (SSSR count). The SMILES string of the molecule is CC#C[C@H](c1ccc(OCc2ccc(CN3CCC4(C=Cc5ccccc54)CC3)s2)cc1)C(CC)C(=O)O. The summed E-state index contributed by atoms with van der Waals surface area (Å²) in [5.74, 6) is 5.12. The van der Waals surface area contributed by atoms with E-state index in [9.17, 15) is 9.90 Å². The predicted octanol–water partition coefficient (Wildman–Crippen LogP) is 7.11. The Morgan fingerprint density at radius 1 is 1.08 bits per heavy atom. The van der Waals surface area contributed by atoms with Crippen molar-refractivity contribution in [1.29, 1.82) is 0 Å². The first-order chi connectivity index (χ1) is 18.5. The maximum absolute atomic E-state index is 11.7. The maximum atomic E-state index is 11.7. The first kappa shape index (κ1) is 26.3. The Morgan fingerprint density at radius 3 is 2.53 bits per heavy atom. The van der Waals surface area contributed by atoms with Gasteiger partial charge in [-0.3, -0.25) is 9.69 Å². The lowest BCUT2D eigenvalue weighted by molar-refractivity contribution is -0.142. The third-order valence-corrected chi connectivity index (χ3v) is 9.05. The van der Waals surface area contributed by atoms with Gasteiger partial charge in [0.15, 0.2) is 0 Å². The highest BCUT2D eigenvalue weighted by Crippen LogP contribution is 2.43. The molecule has 0 radical (unpaired) electrons. The minimum absolute atomic E-state index is 0.227. The monoisotopic (exact) mass is 525 g/mol. The van der Waals surface area contributed by atoms with Crippen LogP contribution in [0.1, 0.15) is 65.5 Å². The van der Waals surface area contributed by atoms with E-state index in [1.807, 2.05) is 42.5 Å². The lowest BCUT2D eigenvalue weighted by Gasteiger charge is -2.39. The molecule has 1 N–H and O–H groups in total. The number of nitrogens with zero attached hydrogens (tertiary/aromatic N) is 1. The van der Waals surface area contributed by atoms with Crippen LogP contribution in [0.25, 0.3) is 6.08 Å². The number of rotatable bonds is 9. The van der Waals surface area contributed by atoms with Gasteiger partial charge in [-0.25, -0.2) is 0 Å². The maximum Gasteiger partial charge on any atom is 0.308 e. The number of carboxylic acid groups (broad SMARTS) is 1. The van der Waals surface area contributed by atoms with Crippen LogP contribution in [0.5, 0.6) is 5.75 Å². The second kappa shape index (κ2) is 11.6. The molecule has 1 aliphatic carbocycles. The predicted molar refractivity (Wildman–Crippen MR) is 154 cm³/mol. The van der Waals surface area contributed by atoms with Crippen molar-refractivity contribution < 1.29 is 14.6 Å². The molecule has 2 aromatic carbocycles. The molecule has 2 atom stereocenters. The lowest BCUT2D eigenvalue weighted by Crippen LogP contribution is -2.40. The third kappa shape index (κ3) is 5.57. The molecule has 4 nitrogen and oxygen atoms in total. The van der Waals surface area contributed by atoms with Gasteiger partial charge in [0, 0.05) is 21.7 Å². The Kier molecular flexibility index (Phi) is 8.02. The van der Waals surface area contributed by atoms with Gasteiger partial charge in [-0.2, -0.15) is 0 Å². The van der Waals surface area contributed by atoms with Gasteiger partial charge in [-0.15, -0.1) is 17.3 Å². The normalized spacial score (nSPS) is 17.4. The van der Waals surface area contributed by atoms with E-state index in [2.05, 4.69) is 65.3 Å². The average Bonchev–Trinajstić information content (AvgIpc) is 3.54. The zero-order chi connectivity index (χ0) is 26.5. The van der Waals surface area contributed by atoms with Gasteiger partial charge >= 0.3 is 5.97 Å². The molecule has 0 amide bonds. The van der Waals surface area contributed by atoms with E-state index in [0.717, 1.165) is 30.9 Å². The number of aliphatic carboxylic acids is 1. The van der Waals surface area contributed by atoms with E-state index in [4.69, 9.17) is 4.74 Å². The van der Waals surface area contributed by atoms with E-state index in [-0.39, 0.29) is 11.3 Å². The van der Waals surface area contributed by atoms with Crippen molar-refractivity contribution in [1.82, 2.24) is 4.90 Å². The Labute approximate surface area is 230 Å². The number of ether oxygens (including phenoxy) is 1. The van der Waals surface area contributed by atoms with E-state index >= 15 is 0 Å². The smallest absolute Gasteiger partial charge is 0.308 e. The van der Waals surface area contributed by atoms with Crippen LogP contribution in [0.4, 0.5) is 0 Å². The van der Waals surface area contributed by atoms with Crippen molar-refractivity contribution in [3.63, 3.8) is 0 Å². The van der Waals surface area contributed by atoms with Crippen molar-refractivity contribution in [3.8, 4) is 17.6 Å². The summed E-state index contributed by atoms with van der Waals surface area (Å²) in [4.78, 5) is 16.8. The van der Waals surface area contributed by atoms with Gasteiger partial charge in [0.2, 0.25) is 0 Å². The molecule has 0 bridgehead atoms. The molecule has 2 aliphatic rings. The zero-order valence-corrected chi connectivity index (χ0v) is 23.0. The summed E-state index contributed by atoms with van der Waals surface area (Å²) >= 11 is 1.82. The number of fused-ring (bicyclic) bond motifs is 2. The molecule has 1 spiro atoms. The summed E-state index contributed by atoms with van der Waals surface area (Å²) in [6.07, 6.45) is 7.63. The lowest BCUT2D eigenvalue weighted by atomic mass is 9.74. The van der Waals surface area contributed by atoms with Crippen molar-refractivity contribution in [3.05, 3.63) is 93.2 Å². The van der Waals surface area contributed by atoms with Gasteiger partial charge in [0.25, 0.3) is 0 Å². The Morgan fingerprint density at radius 2 is 1.82 bits per heavy atom. The molecular weight excluding hydrogens is 490 g/mol. The van der Waals surface area contributed by atoms with Crippen molar-refractivity contribution in [2.45, 2.75) is 57.6 Å². The number of carboxylic acids is 1. The number of likely N-dealkylation sites (tertiary alicyclic amines) is 1. The summed E-state index contributed by atoms with van der Waals surface area (Å²) in [7, 11) is 0. The quantitative estimate of drug-likeness (QED) is 0.303. The van der Waals surface area contributed by atoms with E-state index in [1.54, 1.807) is 6.92 Å². The molecule has 5 heteroatoms. The summed E-state index contributed by atoms with van der Waals surface area (Å²) in [6, 6.07) is 21.0. The van der Waals surface area contributed by atoms with Gasteiger partial charge in [-0.1, -0.05) is 61.4 Å². The van der Waals surface area contributed by atoms with Crippen LogP contribution in [0, 0.1) is 17.8 Å². The van der Waals surface area contributed by atoms with Crippen molar-refractivity contribution in [2.75, 3.05) is 13.1 Å². The summed E-state index contributed by atoms with van der Waals surface area (Å²) in [6.45, 7) is 7.38. The third-order valence-electron chi connectivity index (χ3n) is 8.00. The van der Waals surface area contributed by atoms with Crippen LogP contribution in [-0.2, 0) is 23.4 Å². The first-order valence-electron chi connectivity index (χ1n) is 13.5.